The molecular weight excluding hydrogens is 294 g/mol. The fourth-order valence-corrected chi connectivity index (χ4v) is 2.08. The Hall–Kier alpha value is -2.82. The first-order valence-corrected chi connectivity index (χ1v) is 7.24. The quantitative estimate of drug-likeness (QED) is 0.859. The van der Waals surface area contributed by atoms with E-state index in [1.165, 1.54) is 0 Å². The summed E-state index contributed by atoms with van der Waals surface area (Å²) in [6.45, 7) is 3.81. The summed E-state index contributed by atoms with van der Waals surface area (Å²) in [6, 6.07) is 12.5. The summed E-state index contributed by atoms with van der Waals surface area (Å²) in [5, 5.41) is 11.4. The number of amides is 1. The SMILES string of the molecule is Cc1ccc(C)c(OCC(=O)Nc2ccc(CC(=O)O)cc2)c1. The van der Waals surface area contributed by atoms with E-state index in [0.29, 0.717) is 17.0 Å². The molecule has 0 spiro atoms. The van der Waals surface area contributed by atoms with Gasteiger partial charge in [0.15, 0.2) is 6.61 Å². The van der Waals surface area contributed by atoms with E-state index in [1.54, 1.807) is 24.3 Å². The van der Waals surface area contributed by atoms with Gasteiger partial charge in [0.2, 0.25) is 0 Å². The molecule has 0 aliphatic heterocycles. The lowest BCUT2D eigenvalue weighted by atomic mass is 10.1. The second kappa shape index (κ2) is 7.45. The number of carboxylic acids is 1. The molecule has 0 aromatic heterocycles. The molecule has 0 saturated carbocycles. The van der Waals surface area contributed by atoms with Gasteiger partial charge in [-0.05, 0) is 48.7 Å². The minimum absolute atomic E-state index is 0.0377. The van der Waals surface area contributed by atoms with Crippen LogP contribution in [0.5, 0.6) is 5.75 Å². The third kappa shape index (κ3) is 5.14. The van der Waals surface area contributed by atoms with Crippen molar-refractivity contribution >= 4 is 17.6 Å². The molecule has 0 fully saturated rings. The maximum Gasteiger partial charge on any atom is 0.307 e. The molecule has 0 radical (unpaired) electrons. The van der Waals surface area contributed by atoms with E-state index in [4.69, 9.17) is 9.84 Å². The van der Waals surface area contributed by atoms with E-state index in [-0.39, 0.29) is 18.9 Å². The van der Waals surface area contributed by atoms with Crippen LogP contribution in [0, 0.1) is 13.8 Å². The van der Waals surface area contributed by atoms with Crippen LogP contribution in [0.15, 0.2) is 42.5 Å². The Kier molecular flexibility index (Phi) is 5.36. The maximum atomic E-state index is 11.9. The van der Waals surface area contributed by atoms with E-state index in [9.17, 15) is 9.59 Å². The van der Waals surface area contributed by atoms with Gasteiger partial charge in [0.1, 0.15) is 5.75 Å². The molecule has 2 N–H and O–H groups in total. The van der Waals surface area contributed by atoms with Crippen molar-refractivity contribution < 1.29 is 19.4 Å². The number of anilines is 1. The van der Waals surface area contributed by atoms with Crippen molar-refractivity contribution in [3.05, 3.63) is 59.2 Å². The summed E-state index contributed by atoms with van der Waals surface area (Å²) in [5.41, 5.74) is 3.33. The number of hydrogen-bond donors (Lipinski definition) is 2. The van der Waals surface area contributed by atoms with E-state index in [0.717, 1.165) is 11.1 Å². The predicted octanol–water partition coefficient (Wildman–Crippen LogP) is 2.95. The molecule has 0 atom stereocenters. The lowest BCUT2D eigenvalue weighted by Crippen LogP contribution is -2.20. The average Bonchev–Trinajstić information content (AvgIpc) is 2.50. The van der Waals surface area contributed by atoms with Gasteiger partial charge in [0.25, 0.3) is 5.91 Å². The smallest absolute Gasteiger partial charge is 0.307 e. The molecule has 0 bridgehead atoms. The zero-order valence-electron chi connectivity index (χ0n) is 13.1. The minimum atomic E-state index is -0.885. The molecule has 2 rings (SSSR count). The lowest BCUT2D eigenvalue weighted by molar-refractivity contribution is -0.136. The second-order valence-electron chi connectivity index (χ2n) is 5.37. The molecule has 1 amide bonds. The van der Waals surface area contributed by atoms with Crippen LogP contribution in [0.3, 0.4) is 0 Å². The summed E-state index contributed by atoms with van der Waals surface area (Å²) in [4.78, 5) is 22.5. The Morgan fingerprint density at radius 3 is 2.43 bits per heavy atom. The van der Waals surface area contributed by atoms with Gasteiger partial charge in [0.05, 0.1) is 6.42 Å². The van der Waals surface area contributed by atoms with Crippen LogP contribution < -0.4 is 10.1 Å². The Bertz CT molecular complexity index is 707. The van der Waals surface area contributed by atoms with Crippen molar-refractivity contribution in [2.75, 3.05) is 11.9 Å². The van der Waals surface area contributed by atoms with E-state index in [2.05, 4.69) is 5.32 Å². The second-order valence-corrected chi connectivity index (χ2v) is 5.37. The number of nitrogens with one attached hydrogen (secondary N) is 1. The zero-order valence-corrected chi connectivity index (χ0v) is 13.1. The van der Waals surface area contributed by atoms with Crippen LogP contribution in [-0.2, 0) is 16.0 Å². The highest BCUT2D eigenvalue weighted by atomic mass is 16.5. The third-order valence-corrected chi connectivity index (χ3v) is 3.30. The summed E-state index contributed by atoms with van der Waals surface area (Å²) in [6.07, 6.45) is -0.0377. The molecule has 5 nitrogen and oxygen atoms in total. The number of rotatable bonds is 6. The van der Waals surface area contributed by atoms with Crippen LogP contribution in [0.2, 0.25) is 0 Å². The highest BCUT2D eigenvalue weighted by Crippen LogP contribution is 2.19. The van der Waals surface area contributed by atoms with Crippen molar-refractivity contribution in [2.45, 2.75) is 20.3 Å². The first-order valence-electron chi connectivity index (χ1n) is 7.24. The van der Waals surface area contributed by atoms with Crippen molar-refractivity contribution in [1.29, 1.82) is 0 Å². The normalized spacial score (nSPS) is 10.2. The van der Waals surface area contributed by atoms with Gasteiger partial charge in [-0.25, -0.2) is 0 Å². The highest BCUT2D eigenvalue weighted by molar-refractivity contribution is 5.91. The van der Waals surface area contributed by atoms with E-state index in [1.807, 2.05) is 32.0 Å². The Balaban J connectivity index is 1.89. The molecule has 0 aliphatic rings. The fraction of sp³-hybridized carbons (Fsp3) is 0.222. The van der Waals surface area contributed by atoms with Gasteiger partial charge >= 0.3 is 5.97 Å². The number of carbonyl (C=O) groups excluding carboxylic acids is 1. The summed E-state index contributed by atoms with van der Waals surface area (Å²) < 4.78 is 5.54. The summed E-state index contributed by atoms with van der Waals surface area (Å²) >= 11 is 0. The van der Waals surface area contributed by atoms with Crippen LogP contribution >= 0.6 is 0 Å². The number of hydrogen-bond acceptors (Lipinski definition) is 3. The Labute approximate surface area is 134 Å². The maximum absolute atomic E-state index is 11.9. The molecule has 5 heteroatoms. The van der Waals surface area contributed by atoms with Gasteiger partial charge in [-0.3, -0.25) is 9.59 Å². The first-order chi connectivity index (χ1) is 10.9. The van der Waals surface area contributed by atoms with Gasteiger partial charge in [0, 0.05) is 5.69 Å². The van der Waals surface area contributed by atoms with Crippen LogP contribution in [0.25, 0.3) is 0 Å². The number of benzene rings is 2. The monoisotopic (exact) mass is 313 g/mol. The summed E-state index contributed by atoms with van der Waals surface area (Å²) in [5.74, 6) is -0.461. The molecule has 0 saturated heterocycles. The number of carbonyl (C=O) groups is 2. The lowest BCUT2D eigenvalue weighted by Gasteiger charge is -2.10. The number of ether oxygens (including phenoxy) is 1. The minimum Gasteiger partial charge on any atom is -0.483 e. The van der Waals surface area contributed by atoms with Gasteiger partial charge in [-0.1, -0.05) is 24.3 Å². The zero-order chi connectivity index (χ0) is 16.8. The molecule has 0 heterocycles. The molecule has 0 unspecified atom stereocenters. The molecular formula is C18H19NO4. The molecule has 2 aromatic rings. The number of aryl methyl sites for hydroxylation is 2. The van der Waals surface area contributed by atoms with Gasteiger partial charge < -0.3 is 15.2 Å². The van der Waals surface area contributed by atoms with Crippen LogP contribution in [0.1, 0.15) is 16.7 Å². The van der Waals surface area contributed by atoms with Crippen LogP contribution in [-0.4, -0.2) is 23.6 Å². The van der Waals surface area contributed by atoms with Gasteiger partial charge in [-0.15, -0.1) is 0 Å². The average molecular weight is 313 g/mol. The largest absolute Gasteiger partial charge is 0.483 e. The van der Waals surface area contributed by atoms with E-state index >= 15 is 0 Å². The predicted molar refractivity (Wildman–Crippen MR) is 87.8 cm³/mol. The molecule has 2 aromatic carbocycles. The van der Waals surface area contributed by atoms with Crippen molar-refractivity contribution in [1.82, 2.24) is 0 Å². The Morgan fingerprint density at radius 1 is 1.09 bits per heavy atom. The third-order valence-electron chi connectivity index (χ3n) is 3.30. The number of aliphatic carboxylic acids is 1. The fourth-order valence-electron chi connectivity index (χ4n) is 2.08. The van der Waals surface area contributed by atoms with Gasteiger partial charge in [-0.2, -0.15) is 0 Å². The summed E-state index contributed by atoms with van der Waals surface area (Å²) in [7, 11) is 0. The number of carboxylic acid groups (broad SMARTS) is 1. The first kappa shape index (κ1) is 16.5. The highest BCUT2D eigenvalue weighted by Gasteiger charge is 2.06. The topological polar surface area (TPSA) is 75.6 Å². The van der Waals surface area contributed by atoms with Crippen molar-refractivity contribution in [2.24, 2.45) is 0 Å². The Morgan fingerprint density at radius 2 is 1.78 bits per heavy atom. The molecule has 0 aliphatic carbocycles. The standard InChI is InChI=1S/C18H19NO4/c1-12-3-4-13(2)16(9-12)23-11-17(20)19-15-7-5-14(6-8-15)10-18(21)22/h3-9H,10-11H2,1-2H3,(H,19,20)(H,21,22). The molecule has 120 valence electrons. The van der Waals surface area contributed by atoms with Crippen molar-refractivity contribution in [3.8, 4) is 5.75 Å². The molecule has 23 heavy (non-hydrogen) atoms. The van der Waals surface area contributed by atoms with Crippen molar-refractivity contribution in [3.63, 3.8) is 0 Å². The van der Waals surface area contributed by atoms with E-state index < -0.39 is 5.97 Å². The van der Waals surface area contributed by atoms with Crippen LogP contribution in [0.4, 0.5) is 5.69 Å².